The molecule has 192 valence electrons. The second-order valence-corrected chi connectivity index (χ2v) is 10.7. The lowest BCUT2D eigenvalue weighted by Gasteiger charge is -2.31. The monoisotopic (exact) mass is 517 g/mol. The fourth-order valence-corrected chi connectivity index (χ4v) is 6.70. The van der Waals surface area contributed by atoms with Crippen molar-refractivity contribution in [1.82, 2.24) is 4.90 Å². The third kappa shape index (κ3) is 5.55. The second-order valence-electron chi connectivity index (χ2n) is 8.68. The highest BCUT2D eigenvalue weighted by molar-refractivity contribution is 7.55. The molecule has 1 amide bonds. The maximum absolute atomic E-state index is 14.4. The molecule has 2 heterocycles. The van der Waals surface area contributed by atoms with Gasteiger partial charge in [-0.2, -0.15) is 0 Å². The summed E-state index contributed by atoms with van der Waals surface area (Å²) in [5, 5.41) is 2.02. The molecule has 2 aliphatic heterocycles. The number of hydrogen-bond donors (Lipinski definition) is 1. The Morgan fingerprint density at radius 2 is 1.36 bits per heavy atom. The van der Waals surface area contributed by atoms with Crippen LogP contribution in [-0.2, 0) is 18.8 Å². The average molecular weight is 517 g/mol. The molecule has 0 spiro atoms. The van der Waals surface area contributed by atoms with Gasteiger partial charge in [-0.15, -0.1) is 0 Å². The highest BCUT2D eigenvalue weighted by Crippen LogP contribution is 2.57. The Hall–Kier alpha value is -3.36. The number of carbonyl (C=O) groups excluding carboxylic acids is 3. The summed E-state index contributed by atoms with van der Waals surface area (Å²) in [7, 11) is -1.42. The lowest BCUT2D eigenvalue weighted by atomic mass is 10.2. The first-order chi connectivity index (χ1) is 17.3. The number of methoxy groups -OCH3 is 2. The molecule has 36 heavy (non-hydrogen) atoms. The second kappa shape index (κ2) is 11.1. The Morgan fingerprint density at radius 3 is 1.81 bits per heavy atom. The van der Waals surface area contributed by atoms with E-state index in [9.17, 15) is 18.9 Å². The van der Waals surface area contributed by atoms with Crippen molar-refractivity contribution in [3.8, 4) is 11.5 Å². The van der Waals surface area contributed by atoms with E-state index in [4.69, 9.17) is 18.5 Å². The number of nitrogens with zero attached hydrogens (tertiary/aromatic N) is 1. The van der Waals surface area contributed by atoms with Gasteiger partial charge >= 0.3 is 19.5 Å². The lowest BCUT2D eigenvalue weighted by Crippen LogP contribution is -2.89. The molecule has 2 N–H and O–H groups in total. The zero-order chi connectivity index (χ0) is 25.7. The molecule has 0 bridgehead atoms. The molecule has 0 aliphatic carbocycles. The van der Waals surface area contributed by atoms with Gasteiger partial charge in [0.15, 0.2) is 11.8 Å². The van der Waals surface area contributed by atoms with Gasteiger partial charge in [0.05, 0.1) is 31.9 Å². The molecule has 2 aromatic carbocycles. The van der Waals surface area contributed by atoms with Gasteiger partial charge in [-0.05, 0) is 61.4 Å². The molecular weight excluding hydrogens is 487 g/mol. The van der Waals surface area contributed by atoms with Gasteiger partial charge in [-0.3, -0.25) is 4.79 Å². The number of carbonyl (C=O) groups is 3. The number of hydrogen-bond acceptors (Lipinski definition) is 8. The Morgan fingerprint density at radius 1 is 0.833 bits per heavy atom. The van der Waals surface area contributed by atoms with Crippen molar-refractivity contribution in [1.29, 1.82) is 0 Å². The number of amides is 1. The van der Waals surface area contributed by atoms with E-state index in [0.717, 1.165) is 19.4 Å². The van der Waals surface area contributed by atoms with Crippen molar-refractivity contribution < 1.29 is 42.8 Å². The maximum atomic E-state index is 14.4. The third-order valence-corrected chi connectivity index (χ3v) is 8.57. The fraction of sp³-hybridized carbons (Fsp3) is 0.400. The van der Waals surface area contributed by atoms with Gasteiger partial charge in [0.2, 0.25) is 0 Å². The van der Waals surface area contributed by atoms with Gasteiger partial charge in [-0.1, -0.05) is 0 Å². The maximum Gasteiger partial charge on any atom is 0.453 e. The summed E-state index contributed by atoms with van der Waals surface area (Å²) >= 11 is 0. The molecule has 2 fully saturated rings. The van der Waals surface area contributed by atoms with Crippen LogP contribution in [0.5, 0.6) is 11.5 Å². The molecule has 10 nitrogen and oxygen atoms in total. The highest BCUT2D eigenvalue weighted by atomic mass is 31.2. The molecule has 2 aromatic rings. The van der Waals surface area contributed by atoms with Crippen LogP contribution in [0.3, 0.4) is 0 Å². The van der Waals surface area contributed by atoms with Crippen molar-refractivity contribution in [3.63, 3.8) is 0 Å². The van der Waals surface area contributed by atoms with Gasteiger partial charge in [0, 0.05) is 19.4 Å². The minimum Gasteiger partial charge on any atom is -0.465 e. The molecular formula is C25H30N2O8P+. The van der Waals surface area contributed by atoms with Crippen LogP contribution in [-0.4, -0.2) is 61.9 Å². The summed E-state index contributed by atoms with van der Waals surface area (Å²) in [4.78, 5) is 38.5. The van der Waals surface area contributed by atoms with E-state index in [1.54, 1.807) is 4.90 Å². The molecule has 2 aliphatic rings. The predicted octanol–water partition coefficient (Wildman–Crippen LogP) is 2.58. The third-order valence-electron chi connectivity index (χ3n) is 6.37. The highest BCUT2D eigenvalue weighted by Gasteiger charge is 2.49. The summed E-state index contributed by atoms with van der Waals surface area (Å²) in [6, 6.07) is 11.8. The first-order valence-corrected chi connectivity index (χ1v) is 13.5. The van der Waals surface area contributed by atoms with E-state index < -0.39 is 25.3 Å². The van der Waals surface area contributed by atoms with Crippen molar-refractivity contribution in [3.05, 3.63) is 59.7 Å². The summed E-state index contributed by atoms with van der Waals surface area (Å²) in [6.45, 7) is 1.35. The largest absolute Gasteiger partial charge is 0.465 e. The van der Waals surface area contributed by atoms with Crippen LogP contribution in [0, 0.1) is 0 Å². The zero-order valence-electron chi connectivity index (χ0n) is 20.3. The first kappa shape index (κ1) is 25.7. The van der Waals surface area contributed by atoms with E-state index in [1.165, 1.54) is 62.8 Å². The van der Waals surface area contributed by atoms with E-state index in [1.807, 2.05) is 5.32 Å². The average Bonchev–Trinajstić information content (AvgIpc) is 3.61. The molecule has 2 atom stereocenters. The molecule has 0 radical (unpaired) electrons. The van der Waals surface area contributed by atoms with E-state index in [0.29, 0.717) is 30.5 Å². The molecule has 2 saturated heterocycles. The predicted molar refractivity (Wildman–Crippen MR) is 129 cm³/mol. The molecule has 0 saturated carbocycles. The Kier molecular flexibility index (Phi) is 7.96. The SMILES string of the molecule is COC(=O)c1ccc(OP(=O)(Oc2ccc(C(=O)OC)cc2)C2CCCN2C(=O)C2CCC[NH2+]2)cc1. The van der Waals surface area contributed by atoms with Gasteiger partial charge in [0.1, 0.15) is 11.5 Å². The Balaban J connectivity index is 1.63. The van der Waals surface area contributed by atoms with E-state index in [2.05, 4.69) is 0 Å². The number of nitrogens with two attached hydrogens (primary N) is 1. The van der Waals surface area contributed by atoms with Gasteiger partial charge < -0.3 is 28.7 Å². The number of esters is 2. The van der Waals surface area contributed by atoms with Crippen LogP contribution in [0.4, 0.5) is 0 Å². The van der Waals surface area contributed by atoms with Crippen LogP contribution in [0.15, 0.2) is 48.5 Å². The van der Waals surface area contributed by atoms with Crippen molar-refractivity contribution in [2.45, 2.75) is 37.5 Å². The quantitative estimate of drug-likeness (QED) is 0.419. The summed E-state index contributed by atoms with van der Waals surface area (Å²) in [5.41, 5.74) is 0.627. The van der Waals surface area contributed by atoms with Crippen molar-refractivity contribution in [2.75, 3.05) is 27.3 Å². The van der Waals surface area contributed by atoms with Crippen LogP contribution >= 0.6 is 7.60 Å². The Bertz CT molecular complexity index is 1080. The number of benzene rings is 2. The smallest absolute Gasteiger partial charge is 0.453 e. The number of ether oxygens (including phenoxy) is 2. The fourth-order valence-electron chi connectivity index (χ4n) is 4.52. The number of quaternary nitrogens is 1. The van der Waals surface area contributed by atoms with Gasteiger partial charge in [-0.25, -0.2) is 14.2 Å². The number of likely N-dealkylation sites (tertiary alicyclic amines) is 1. The summed E-state index contributed by atoms with van der Waals surface area (Å²) < 4.78 is 35.8. The standard InChI is InChI=1S/C25H29N2O8P/c1-32-24(29)17-7-11-19(12-8-17)34-36(31,35-20-13-9-18(10-14-20)25(30)33-2)22-6-4-16-27(22)23(28)21-5-3-15-26-21/h7-14,21-22,26H,3-6,15-16H2,1-2H3/p+1. The van der Waals surface area contributed by atoms with E-state index in [-0.39, 0.29) is 23.4 Å². The van der Waals surface area contributed by atoms with Crippen LogP contribution in [0.1, 0.15) is 46.4 Å². The minimum atomic E-state index is -3.99. The van der Waals surface area contributed by atoms with Crippen LogP contribution in [0.2, 0.25) is 0 Å². The van der Waals surface area contributed by atoms with Gasteiger partial charge in [0.25, 0.3) is 5.91 Å². The molecule has 11 heteroatoms. The first-order valence-electron chi connectivity index (χ1n) is 11.8. The van der Waals surface area contributed by atoms with E-state index >= 15 is 0 Å². The number of rotatable bonds is 8. The lowest BCUT2D eigenvalue weighted by molar-refractivity contribution is -0.658. The normalized spacial score (nSPS) is 19.6. The van der Waals surface area contributed by atoms with Crippen LogP contribution in [0.25, 0.3) is 0 Å². The Labute approximate surface area is 209 Å². The van der Waals surface area contributed by atoms with Crippen molar-refractivity contribution >= 4 is 25.4 Å². The van der Waals surface area contributed by atoms with Crippen LogP contribution < -0.4 is 14.4 Å². The molecule has 0 aromatic heterocycles. The summed E-state index contributed by atoms with van der Waals surface area (Å²) in [6.07, 6.45) is 2.86. The summed E-state index contributed by atoms with van der Waals surface area (Å²) in [5.74, 6) is -1.41. The minimum absolute atomic E-state index is 0.0653. The molecule has 2 unspecified atom stereocenters. The molecule has 4 rings (SSSR count). The van der Waals surface area contributed by atoms with Crippen molar-refractivity contribution in [2.24, 2.45) is 0 Å². The zero-order valence-corrected chi connectivity index (χ0v) is 21.1. The topological polar surface area (TPSA) is 125 Å².